The standard InChI is InChI=1S/C25H28N2O5/c1-3-15-32-19-11-9-18(10-12-19)22-23(26-13-16-30-17-14-26)25(29)27(24(22)28)20-7-5-6-8-21(20)31-4-2/h5-12H,3-4,13-17H2,1-2H3. The molecule has 32 heavy (non-hydrogen) atoms. The Hall–Kier alpha value is -3.32. The maximum absolute atomic E-state index is 13.7. The van der Waals surface area contributed by atoms with Crippen LogP contribution in [0.3, 0.4) is 0 Å². The van der Waals surface area contributed by atoms with E-state index < -0.39 is 0 Å². The topological polar surface area (TPSA) is 68.3 Å². The molecule has 1 saturated heterocycles. The number of carbonyl (C=O) groups excluding carboxylic acids is 2. The van der Waals surface area contributed by atoms with E-state index in [1.807, 2.05) is 49.1 Å². The highest BCUT2D eigenvalue weighted by Gasteiger charge is 2.43. The van der Waals surface area contributed by atoms with E-state index in [0.717, 1.165) is 12.2 Å². The zero-order valence-corrected chi connectivity index (χ0v) is 18.5. The number of benzene rings is 2. The Morgan fingerprint density at radius 2 is 1.62 bits per heavy atom. The van der Waals surface area contributed by atoms with Crippen LogP contribution < -0.4 is 14.4 Å². The maximum atomic E-state index is 13.7. The van der Waals surface area contributed by atoms with Gasteiger partial charge in [0.2, 0.25) is 0 Å². The third-order valence-corrected chi connectivity index (χ3v) is 5.41. The SMILES string of the molecule is CCCOc1ccc(C2=C(N3CCOCC3)C(=O)N(c3ccccc3OCC)C2=O)cc1. The van der Waals surface area contributed by atoms with Crippen LogP contribution >= 0.6 is 0 Å². The van der Waals surface area contributed by atoms with Gasteiger partial charge < -0.3 is 19.1 Å². The minimum Gasteiger partial charge on any atom is -0.494 e. The Morgan fingerprint density at radius 1 is 0.906 bits per heavy atom. The second-order valence-electron chi connectivity index (χ2n) is 7.54. The summed E-state index contributed by atoms with van der Waals surface area (Å²) in [6.45, 7) is 7.10. The molecule has 0 bridgehead atoms. The number of amides is 2. The molecule has 2 heterocycles. The second-order valence-corrected chi connectivity index (χ2v) is 7.54. The average molecular weight is 437 g/mol. The number of hydrogen-bond donors (Lipinski definition) is 0. The highest BCUT2D eigenvalue weighted by molar-refractivity contribution is 6.45. The summed E-state index contributed by atoms with van der Waals surface area (Å²) in [5.41, 5.74) is 1.94. The van der Waals surface area contributed by atoms with E-state index >= 15 is 0 Å². The summed E-state index contributed by atoms with van der Waals surface area (Å²) < 4.78 is 16.8. The Kier molecular flexibility index (Phi) is 6.75. The van der Waals surface area contributed by atoms with Gasteiger partial charge in [0, 0.05) is 13.1 Å². The number of rotatable bonds is 8. The van der Waals surface area contributed by atoms with Gasteiger partial charge in [-0.3, -0.25) is 9.59 Å². The van der Waals surface area contributed by atoms with E-state index in [-0.39, 0.29) is 11.8 Å². The van der Waals surface area contributed by atoms with Crippen LogP contribution in [0, 0.1) is 0 Å². The molecule has 0 atom stereocenters. The molecule has 0 spiro atoms. The van der Waals surface area contributed by atoms with Crippen LogP contribution in [0.15, 0.2) is 54.2 Å². The molecule has 7 nitrogen and oxygen atoms in total. The number of ether oxygens (including phenoxy) is 3. The highest BCUT2D eigenvalue weighted by atomic mass is 16.5. The first-order valence-corrected chi connectivity index (χ1v) is 11.1. The van der Waals surface area contributed by atoms with Crippen molar-refractivity contribution < 1.29 is 23.8 Å². The third kappa shape index (κ3) is 4.21. The van der Waals surface area contributed by atoms with Crippen molar-refractivity contribution in [2.75, 3.05) is 44.4 Å². The zero-order valence-electron chi connectivity index (χ0n) is 18.5. The van der Waals surface area contributed by atoms with Gasteiger partial charge in [0.05, 0.1) is 37.7 Å². The Bertz CT molecular complexity index is 1010. The number of para-hydroxylation sites is 2. The van der Waals surface area contributed by atoms with Gasteiger partial charge in [-0.1, -0.05) is 31.2 Å². The van der Waals surface area contributed by atoms with Crippen LogP contribution in [-0.4, -0.2) is 56.2 Å². The van der Waals surface area contributed by atoms with Crippen molar-refractivity contribution >= 4 is 23.1 Å². The molecular weight excluding hydrogens is 408 g/mol. The number of anilines is 1. The molecule has 0 saturated carbocycles. The zero-order chi connectivity index (χ0) is 22.5. The normalized spacial score (nSPS) is 16.7. The first-order chi connectivity index (χ1) is 15.7. The van der Waals surface area contributed by atoms with E-state index in [0.29, 0.717) is 67.8 Å². The van der Waals surface area contributed by atoms with Gasteiger partial charge in [-0.05, 0) is 43.2 Å². The molecule has 2 aromatic carbocycles. The molecular formula is C25H28N2O5. The summed E-state index contributed by atoms with van der Waals surface area (Å²) >= 11 is 0. The van der Waals surface area contributed by atoms with Gasteiger partial charge in [0.1, 0.15) is 17.2 Å². The molecule has 0 unspecified atom stereocenters. The molecule has 1 fully saturated rings. The lowest BCUT2D eigenvalue weighted by molar-refractivity contribution is -0.121. The lowest BCUT2D eigenvalue weighted by Crippen LogP contribution is -2.40. The first-order valence-electron chi connectivity index (χ1n) is 11.1. The largest absolute Gasteiger partial charge is 0.494 e. The van der Waals surface area contributed by atoms with E-state index in [4.69, 9.17) is 14.2 Å². The van der Waals surface area contributed by atoms with Crippen molar-refractivity contribution in [1.82, 2.24) is 4.90 Å². The van der Waals surface area contributed by atoms with Crippen LogP contribution in [0.2, 0.25) is 0 Å². The molecule has 2 aliphatic rings. The van der Waals surface area contributed by atoms with Crippen molar-refractivity contribution in [2.45, 2.75) is 20.3 Å². The maximum Gasteiger partial charge on any atom is 0.282 e. The minimum atomic E-state index is -0.356. The van der Waals surface area contributed by atoms with Crippen LogP contribution in [0.4, 0.5) is 5.69 Å². The Balaban J connectivity index is 1.76. The van der Waals surface area contributed by atoms with Crippen LogP contribution in [-0.2, 0) is 14.3 Å². The summed E-state index contributed by atoms with van der Waals surface area (Å²) in [7, 11) is 0. The fraction of sp³-hybridized carbons (Fsp3) is 0.360. The van der Waals surface area contributed by atoms with E-state index in [1.165, 1.54) is 4.90 Å². The van der Waals surface area contributed by atoms with Crippen molar-refractivity contribution in [3.05, 3.63) is 59.8 Å². The minimum absolute atomic E-state index is 0.342. The molecule has 4 rings (SSSR count). The highest BCUT2D eigenvalue weighted by Crippen LogP contribution is 2.39. The second kappa shape index (κ2) is 9.87. The summed E-state index contributed by atoms with van der Waals surface area (Å²) in [6, 6.07) is 14.5. The van der Waals surface area contributed by atoms with Gasteiger partial charge in [0.25, 0.3) is 11.8 Å². The van der Waals surface area contributed by atoms with Crippen molar-refractivity contribution in [3.8, 4) is 11.5 Å². The van der Waals surface area contributed by atoms with Gasteiger partial charge in [-0.2, -0.15) is 0 Å². The van der Waals surface area contributed by atoms with E-state index in [2.05, 4.69) is 0 Å². The summed E-state index contributed by atoms with van der Waals surface area (Å²) in [5.74, 6) is 0.540. The van der Waals surface area contributed by atoms with Crippen molar-refractivity contribution in [2.24, 2.45) is 0 Å². The molecule has 2 aliphatic heterocycles. The molecule has 0 aromatic heterocycles. The van der Waals surface area contributed by atoms with Crippen LogP contribution in [0.25, 0.3) is 5.57 Å². The van der Waals surface area contributed by atoms with E-state index in [1.54, 1.807) is 18.2 Å². The Morgan fingerprint density at radius 3 is 2.31 bits per heavy atom. The van der Waals surface area contributed by atoms with Crippen LogP contribution in [0.5, 0.6) is 11.5 Å². The van der Waals surface area contributed by atoms with Gasteiger partial charge in [-0.15, -0.1) is 0 Å². The number of nitrogens with zero attached hydrogens (tertiary/aromatic N) is 2. The third-order valence-electron chi connectivity index (χ3n) is 5.41. The van der Waals surface area contributed by atoms with Gasteiger partial charge >= 0.3 is 0 Å². The first kappa shape index (κ1) is 21.9. The predicted molar refractivity (Wildman–Crippen MR) is 122 cm³/mol. The fourth-order valence-electron chi connectivity index (χ4n) is 3.93. The average Bonchev–Trinajstić information content (AvgIpc) is 3.09. The molecule has 2 aromatic rings. The molecule has 7 heteroatoms. The van der Waals surface area contributed by atoms with E-state index in [9.17, 15) is 9.59 Å². The number of carbonyl (C=O) groups is 2. The predicted octanol–water partition coefficient (Wildman–Crippen LogP) is 3.49. The van der Waals surface area contributed by atoms with Crippen molar-refractivity contribution in [3.63, 3.8) is 0 Å². The van der Waals surface area contributed by atoms with Crippen LogP contribution in [0.1, 0.15) is 25.8 Å². The lowest BCUT2D eigenvalue weighted by Gasteiger charge is -2.29. The summed E-state index contributed by atoms with van der Waals surface area (Å²) in [5, 5.41) is 0. The van der Waals surface area contributed by atoms with Gasteiger partial charge in [-0.25, -0.2) is 4.90 Å². The number of imide groups is 1. The summed E-state index contributed by atoms with van der Waals surface area (Å²) in [4.78, 5) is 30.5. The molecule has 0 N–H and O–H groups in total. The molecule has 2 amide bonds. The lowest BCUT2D eigenvalue weighted by atomic mass is 10.0. The number of hydrogen-bond acceptors (Lipinski definition) is 6. The van der Waals surface area contributed by atoms with Gasteiger partial charge in [0.15, 0.2) is 0 Å². The molecule has 0 radical (unpaired) electrons. The monoisotopic (exact) mass is 436 g/mol. The smallest absolute Gasteiger partial charge is 0.282 e. The number of morpholine rings is 1. The quantitative estimate of drug-likeness (QED) is 0.590. The fourth-order valence-corrected chi connectivity index (χ4v) is 3.93. The summed E-state index contributed by atoms with van der Waals surface area (Å²) in [6.07, 6.45) is 0.912. The van der Waals surface area contributed by atoms with Crippen molar-refractivity contribution in [1.29, 1.82) is 0 Å². The molecule has 168 valence electrons. The Labute approximate surface area is 188 Å². The molecule has 0 aliphatic carbocycles.